The first-order valence-electron chi connectivity index (χ1n) is 7.66. The SMILES string of the molecule is c1ccc([C@@H]2Nc3ccccc3-c3nc4ccccc4n32)nc1. The number of nitrogens with zero attached hydrogens (tertiary/aromatic N) is 3. The Kier molecular flexibility index (Phi) is 2.52. The normalized spacial score (nSPS) is 15.7. The van der Waals surface area contributed by atoms with E-state index in [2.05, 4.69) is 39.1 Å². The van der Waals surface area contributed by atoms with Gasteiger partial charge in [0.1, 0.15) is 12.0 Å². The molecule has 1 aliphatic rings. The number of fused-ring (bicyclic) bond motifs is 5. The Bertz CT molecular complexity index is 1000. The summed E-state index contributed by atoms with van der Waals surface area (Å²) in [6.45, 7) is 0. The lowest BCUT2D eigenvalue weighted by atomic mass is 10.1. The zero-order valence-electron chi connectivity index (χ0n) is 12.3. The number of imidazole rings is 1. The van der Waals surface area contributed by atoms with Crippen LogP contribution < -0.4 is 5.32 Å². The Hall–Kier alpha value is -3.14. The van der Waals surface area contributed by atoms with E-state index in [9.17, 15) is 0 Å². The van der Waals surface area contributed by atoms with E-state index < -0.39 is 0 Å². The van der Waals surface area contributed by atoms with Gasteiger partial charge in [-0.05, 0) is 36.4 Å². The molecule has 3 heterocycles. The minimum absolute atomic E-state index is 0.0616. The third-order valence-corrected chi connectivity index (χ3v) is 4.28. The second-order valence-corrected chi connectivity index (χ2v) is 5.64. The van der Waals surface area contributed by atoms with Crippen LogP contribution in [-0.2, 0) is 0 Å². The first-order chi connectivity index (χ1) is 11.4. The van der Waals surface area contributed by atoms with Crippen molar-refractivity contribution in [2.75, 3.05) is 5.32 Å². The molecule has 0 radical (unpaired) electrons. The first kappa shape index (κ1) is 12.4. The third kappa shape index (κ3) is 1.78. The third-order valence-electron chi connectivity index (χ3n) is 4.28. The number of anilines is 1. The van der Waals surface area contributed by atoms with Crippen LogP contribution in [0, 0.1) is 0 Å². The van der Waals surface area contributed by atoms with Crippen molar-refractivity contribution in [3.63, 3.8) is 0 Å². The van der Waals surface area contributed by atoms with E-state index in [1.54, 1.807) is 0 Å². The molecule has 0 amide bonds. The standard InChI is InChI=1S/C19H14N4/c1-2-8-14-13(7-1)18-22-15-9-3-4-11-17(15)23(18)19(21-14)16-10-5-6-12-20-16/h1-12,19,21H/t19-/m1/s1. The van der Waals surface area contributed by atoms with E-state index in [0.29, 0.717) is 0 Å². The van der Waals surface area contributed by atoms with Gasteiger partial charge in [-0.25, -0.2) is 4.98 Å². The number of benzene rings is 2. The topological polar surface area (TPSA) is 42.7 Å². The number of hydrogen-bond acceptors (Lipinski definition) is 3. The lowest BCUT2D eigenvalue weighted by Crippen LogP contribution is -2.25. The Labute approximate surface area is 133 Å². The molecule has 0 bridgehead atoms. The van der Waals surface area contributed by atoms with Crippen molar-refractivity contribution in [2.24, 2.45) is 0 Å². The molecule has 0 saturated carbocycles. The second kappa shape index (κ2) is 4.68. The zero-order chi connectivity index (χ0) is 15.2. The highest BCUT2D eigenvalue weighted by Gasteiger charge is 2.28. The molecule has 0 unspecified atom stereocenters. The summed E-state index contributed by atoms with van der Waals surface area (Å²) in [5, 5.41) is 3.61. The van der Waals surface area contributed by atoms with Gasteiger partial charge in [-0.3, -0.25) is 9.55 Å². The first-order valence-corrected chi connectivity index (χ1v) is 7.66. The summed E-state index contributed by atoms with van der Waals surface area (Å²) in [6, 6.07) is 22.5. The van der Waals surface area contributed by atoms with Crippen LogP contribution in [0.5, 0.6) is 0 Å². The van der Waals surface area contributed by atoms with Crippen molar-refractivity contribution in [2.45, 2.75) is 6.17 Å². The number of para-hydroxylation sites is 3. The monoisotopic (exact) mass is 298 g/mol. The van der Waals surface area contributed by atoms with E-state index in [1.807, 2.05) is 48.7 Å². The van der Waals surface area contributed by atoms with Gasteiger partial charge in [0.25, 0.3) is 0 Å². The van der Waals surface area contributed by atoms with Crippen LogP contribution in [-0.4, -0.2) is 14.5 Å². The maximum atomic E-state index is 4.87. The summed E-state index contributed by atoms with van der Waals surface area (Å²) in [4.78, 5) is 9.42. The van der Waals surface area contributed by atoms with Gasteiger partial charge < -0.3 is 5.32 Å². The summed E-state index contributed by atoms with van der Waals surface area (Å²) in [6.07, 6.45) is 1.77. The lowest BCUT2D eigenvalue weighted by molar-refractivity contribution is 0.649. The molecule has 1 N–H and O–H groups in total. The minimum atomic E-state index is -0.0616. The predicted molar refractivity (Wildman–Crippen MR) is 91.2 cm³/mol. The van der Waals surface area contributed by atoms with Gasteiger partial charge >= 0.3 is 0 Å². The van der Waals surface area contributed by atoms with Gasteiger partial charge in [-0.2, -0.15) is 0 Å². The van der Waals surface area contributed by atoms with Crippen LogP contribution >= 0.6 is 0 Å². The second-order valence-electron chi connectivity index (χ2n) is 5.64. The zero-order valence-corrected chi connectivity index (χ0v) is 12.3. The molecule has 0 saturated heterocycles. The highest BCUT2D eigenvalue weighted by Crippen LogP contribution is 2.39. The molecule has 23 heavy (non-hydrogen) atoms. The van der Waals surface area contributed by atoms with Crippen LogP contribution in [0.1, 0.15) is 11.9 Å². The van der Waals surface area contributed by atoms with Crippen LogP contribution in [0.3, 0.4) is 0 Å². The maximum Gasteiger partial charge on any atom is 0.149 e. The van der Waals surface area contributed by atoms with Crippen molar-refractivity contribution in [1.29, 1.82) is 0 Å². The van der Waals surface area contributed by atoms with Gasteiger partial charge in [-0.15, -0.1) is 0 Å². The van der Waals surface area contributed by atoms with Gasteiger partial charge in [0.05, 0.1) is 16.7 Å². The summed E-state index contributed by atoms with van der Waals surface area (Å²) in [5.41, 5.74) is 5.30. The number of rotatable bonds is 1. The number of nitrogens with one attached hydrogen (secondary N) is 1. The van der Waals surface area contributed by atoms with Crippen LogP contribution in [0.25, 0.3) is 22.4 Å². The fourth-order valence-corrected chi connectivity index (χ4v) is 3.26. The summed E-state index contributed by atoms with van der Waals surface area (Å²) >= 11 is 0. The lowest BCUT2D eigenvalue weighted by Gasteiger charge is -2.29. The average molecular weight is 298 g/mol. The summed E-state index contributed by atoms with van der Waals surface area (Å²) in [7, 11) is 0. The quantitative estimate of drug-likeness (QED) is 0.576. The molecule has 4 aromatic rings. The van der Waals surface area contributed by atoms with Crippen molar-refractivity contribution >= 4 is 16.7 Å². The van der Waals surface area contributed by atoms with Gasteiger partial charge in [0.15, 0.2) is 0 Å². The van der Waals surface area contributed by atoms with Crippen LogP contribution in [0.2, 0.25) is 0 Å². The Balaban J connectivity index is 1.85. The molecule has 2 aromatic carbocycles. The number of hydrogen-bond donors (Lipinski definition) is 1. The van der Waals surface area contributed by atoms with Gasteiger partial charge in [0.2, 0.25) is 0 Å². The fourth-order valence-electron chi connectivity index (χ4n) is 3.26. The molecule has 4 nitrogen and oxygen atoms in total. The largest absolute Gasteiger partial charge is 0.359 e. The maximum absolute atomic E-state index is 4.87. The molecule has 1 atom stereocenters. The van der Waals surface area contributed by atoms with E-state index in [0.717, 1.165) is 33.8 Å². The molecular weight excluding hydrogens is 284 g/mol. The van der Waals surface area contributed by atoms with E-state index in [1.165, 1.54) is 0 Å². The van der Waals surface area contributed by atoms with E-state index in [4.69, 9.17) is 4.98 Å². The van der Waals surface area contributed by atoms with E-state index >= 15 is 0 Å². The summed E-state index contributed by atoms with van der Waals surface area (Å²) < 4.78 is 2.24. The predicted octanol–water partition coefficient (Wildman–Crippen LogP) is 4.07. The molecular formula is C19H14N4. The molecule has 0 fully saturated rings. The van der Waals surface area contributed by atoms with Crippen LogP contribution in [0.15, 0.2) is 72.9 Å². The molecule has 0 spiro atoms. The molecule has 1 aliphatic heterocycles. The Morgan fingerprint density at radius 3 is 2.61 bits per heavy atom. The van der Waals surface area contributed by atoms with Crippen molar-refractivity contribution < 1.29 is 0 Å². The molecule has 110 valence electrons. The molecule has 5 rings (SSSR count). The highest BCUT2D eigenvalue weighted by atomic mass is 15.3. The smallest absolute Gasteiger partial charge is 0.149 e. The summed E-state index contributed by atoms with van der Waals surface area (Å²) in [5.74, 6) is 0.983. The minimum Gasteiger partial charge on any atom is -0.359 e. The van der Waals surface area contributed by atoms with Crippen molar-refractivity contribution in [3.05, 3.63) is 78.6 Å². The van der Waals surface area contributed by atoms with Gasteiger partial charge in [-0.1, -0.05) is 30.3 Å². The van der Waals surface area contributed by atoms with Crippen LogP contribution in [0.4, 0.5) is 5.69 Å². The number of pyridine rings is 1. The average Bonchev–Trinajstić information content (AvgIpc) is 3.02. The fraction of sp³-hybridized carbons (Fsp3) is 0.0526. The molecule has 4 heteroatoms. The highest BCUT2D eigenvalue weighted by molar-refractivity contribution is 5.86. The Morgan fingerprint density at radius 2 is 1.70 bits per heavy atom. The van der Waals surface area contributed by atoms with E-state index in [-0.39, 0.29) is 6.17 Å². The molecule has 2 aromatic heterocycles. The van der Waals surface area contributed by atoms with Crippen molar-refractivity contribution in [3.8, 4) is 11.4 Å². The molecule has 0 aliphatic carbocycles. The number of aromatic nitrogens is 3. The van der Waals surface area contributed by atoms with Crippen molar-refractivity contribution in [1.82, 2.24) is 14.5 Å². The van der Waals surface area contributed by atoms with Gasteiger partial charge in [0, 0.05) is 17.4 Å². The Morgan fingerprint density at radius 1 is 0.870 bits per heavy atom.